The minimum Gasteiger partial charge on any atom is -0.339 e. The van der Waals surface area contributed by atoms with Crippen LogP contribution < -0.4 is 5.73 Å². The molecule has 1 fully saturated rings. The van der Waals surface area contributed by atoms with E-state index in [0.29, 0.717) is 5.82 Å². The standard InChI is InChI=1S/C10H17N3O/c1-7(11)10-12-9(14-13-10)6-8-4-2-3-5-8/h7-8H,2-6,11H2,1H3. The van der Waals surface area contributed by atoms with Gasteiger partial charge >= 0.3 is 0 Å². The van der Waals surface area contributed by atoms with Crippen molar-refractivity contribution in [3.8, 4) is 0 Å². The molecule has 2 N–H and O–H groups in total. The molecule has 0 aliphatic heterocycles. The number of hydrogen-bond acceptors (Lipinski definition) is 4. The highest BCUT2D eigenvalue weighted by Gasteiger charge is 2.19. The fraction of sp³-hybridized carbons (Fsp3) is 0.800. The lowest BCUT2D eigenvalue weighted by Gasteiger charge is -2.02. The van der Waals surface area contributed by atoms with Crippen molar-refractivity contribution in [1.82, 2.24) is 10.1 Å². The minimum atomic E-state index is -0.129. The summed E-state index contributed by atoms with van der Waals surface area (Å²) >= 11 is 0. The van der Waals surface area contributed by atoms with Gasteiger partial charge in [-0.25, -0.2) is 0 Å². The third-order valence-electron chi connectivity index (χ3n) is 2.83. The molecule has 1 aromatic heterocycles. The molecule has 1 heterocycles. The molecule has 0 amide bonds. The summed E-state index contributed by atoms with van der Waals surface area (Å²) in [6.07, 6.45) is 6.23. The van der Waals surface area contributed by atoms with Gasteiger partial charge in [-0.15, -0.1) is 0 Å². The van der Waals surface area contributed by atoms with Gasteiger partial charge in [0.2, 0.25) is 5.89 Å². The summed E-state index contributed by atoms with van der Waals surface area (Å²) in [6.45, 7) is 1.87. The monoisotopic (exact) mass is 195 g/mol. The molecule has 1 saturated carbocycles. The highest BCUT2D eigenvalue weighted by atomic mass is 16.5. The summed E-state index contributed by atoms with van der Waals surface area (Å²) in [6, 6.07) is -0.129. The molecule has 4 nitrogen and oxygen atoms in total. The number of nitrogens with two attached hydrogens (primary N) is 1. The Balaban J connectivity index is 1.95. The summed E-state index contributed by atoms with van der Waals surface area (Å²) in [4.78, 5) is 4.27. The first-order valence-electron chi connectivity index (χ1n) is 5.34. The summed E-state index contributed by atoms with van der Waals surface area (Å²) < 4.78 is 5.15. The molecule has 0 saturated heterocycles. The zero-order chi connectivity index (χ0) is 9.97. The molecule has 0 spiro atoms. The van der Waals surface area contributed by atoms with Gasteiger partial charge in [-0.1, -0.05) is 18.0 Å². The maximum Gasteiger partial charge on any atom is 0.226 e. The van der Waals surface area contributed by atoms with Crippen LogP contribution in [-0.2, 0) is 6.42 Å². The van der Waals surface area contributed by atoms with Crippen LogP contribution >= 0.6 is 0 Å². The molecule has 0 aromatic carbocycles. The van der Waals surface area contributed by atoms with Gasteiger partial charge in [0.05, 0.1) is 6.04 Å². The zero-order valence-electron chi connectivity index (χ0n) is 8.57. The number of aromatic nitrogens is 2. The average Bonchev–Trinajstić information content (AvgIpc) is 2.75. The van der Waals surface area contributed by atoms with Gasteiger partial charge in [-0.2, -0.15) is 4.98 Å². The molecule has 0 radical (unpaired) electrons. The van der Waals surface area contributed by atoms with E-state index in [1.807, 2.05) is 6.92 Å². The summed E-state index contributed by atoms with van der Waals surface area (Å²) in [5.41, 5.74) is 5.65. The van der Waals surface area contributed by atoms with E-state index < -0.39 is 0 Å². The molecule has 0 bridgehead atoms. The molecule has 1 aromatic rings. The fourth-order valence-electron chi connectivity index (χ4n) is 2.00. The maximum atomic E-state index is 5.65. The second-order valence-corrected chi connectivity index (χ2v) is 4.19. The van der Waals surface area contributed by atoms with Crippen molar-refractivity contribution in [2.45, 2.75) is 45.1 Å². The van der Waals surface area contributed by atoms with Gasteiger partial charge in [-0.3, -0.25) is 0 Å². The fourth-order valence-corrected chi connectivity index (χ4v) is 2.00. The second kappa shape index (κ2) is 4.09. The molecule has 14 heavy (non-hydrogen) atoms. The van der Waals surface area contributed by atoms with Crippen molar-refractivity contribution >= 4 is 0 Å². The van der Waals surface area contributed by atoms with Crippen LogP contribution in [0.15, 0.2) is 4.52 Å². The highest BCUT2D eigenvalue weighted by molar-refractivity contribution is 4.92. The Labute approximate surface area is 83.9 Å². The van der Waals surface area contributed by atoms with Crippen LogP contribution in [-0.4, -0.2) is 10.1 Å². The van der Waals surface area contributed by atoms with E-state index in [1.165, 1.54) is 25.7 Å². The quantitative estimate of drug-likeness (QED) is 0.799. The first-order chi connectivity index (χ1) is 6.75. The van der Waals surface area contributed by atoms with E-state index in [1.54, 1.807) is 0 Å². The normalized spacial score (nSPS) is 20.1. The Morgan fingerprint density at radius 2 is 2.21 bits per heavy atom. The molecule has 78 valence electrons. The zero-order valence-corrected chi connectivity index (χ0v) is 8.57. The smallest absolute Gasteiger partial charge is 0.226 e. The van der Waals surface area contributed by atoms with Crippen molar-refractivity contribution in [2.75, 3.05) is 0 Å². The molecule has 4 heteroatoms. The minimum absolute atomic E-state index is 0.129. The molecular formula is C10H17N3O. The van der Waals surface area contributed by atoms with Gasteiger partial charge in [-0.05, 0) is 25.7 Å². The van der Waals surface area contributed by atoms with E-state index in [-0.39, 0.29) is 6.04 Å². The van der Waals surface area contributed by atoms with Crippen LogP contribution in [0.25, 0.3) is 0 Å². The van der Waals surface area contributed by atoms with E-state index in [0.717, 1.165) is 18.2 Å². The Morgan fingerprint density at radius 1 is 1.50 bits per heavy atom. The largest absolute Gasteiger partial charge is 0.339 e. The van der Waals surface area contributed by atoms with E-state index in [2.05, 4.69) is 10.1 Å². The molecule has 1 unspecified atom stereocenters. The van der Waals surface area contributed by atoms with Gasteiger partial charge in [0.1, 0.15) is 0 Å². The van der Waals surface area contributed by atoms with Crippen LogP contribution in [0.2, 0.25) is 0 Å². The van der Waals surface area contributed by atoms with Crippen LogP contribution in [0.4, 0.5) is 0 Å². The third-order valence-corrected chi connectivity index (χ3v) is 2.83. The average molecular weight is 195 g/mol. The van der Waals surface area contributed by atoms with Crippen molar-refractivity contribution in [3.63, 3.8) is 0 Å². The number of hydrogen-bond donors (Lipinski definition) is 1. The van der Waals surface area contributed by atoms with E-state index in [9.17, 15) is 0 Å². The van der Waals surface area contributed by atoms with Crippen LogP contribution in [0.1, 0.15) is 50.4 Å². The SMILES string of the molecule is CC(N)c1noc(CC2CCCC2)n1. The second-order valence-electron chi connectivity index (χ2n) is 4.19. The van der Waals surface area contributed by atoms with Gasteiger partial charge in [0.15, 0.2) is 5.82 Å². The first-order valence-corrected chi connectivity index (χ1v) is 5.34. The third kappa shape index (κ3) is 2.12. The lowest BCUT2D eigenvalue weighted by Crippen LogP contribution is -2.07. The number of rotatable bonds is 3. The molecule has 1 aliphatic rings. The van der Waals surface area contributed by atoms with Crippen molar-refractivity contribution in [2.24, 2.45) is 11.7 Å². The predicted octanol–water partition coefficient (Wildman–Crippen LogP) is 1.82. The number of nitrogens with zero attached hydrogens (tertiary/aromatic N) is 2. The Hall–Kier alpha value is -0.900. The topological polar surface area (TPSA) is 64.9 Å². The van der Waals surface area contributed by atoms with E-state index in [4.69, 9.17) is 10.3 Å². The van der Waals surface area contributed by atoms with Crippen molar-refractivity contribution in [3.05, 3.63) is 11.7 Å². The predicted molar refractivity (Wildman–Crippen MR) is 52.6 cm³/mol. The maximum absolute atomic E-state index is 5.65. The molecule has 1 atom stereocenters. The molecule has 2 rings (SSSR count). The Morgan fingerprint density at radius 3 is 2.79 bits per heavy atom. The van der Waals surface area contributed by atoms with Gasteiger partial charge in [0.25, 0.3) is 0 Å². The lowest BCUT2D eigenvalue weighted by molar-refractivity contribution is 0.348. The highest BCUT2D eigenvalue weighted by Crippen LogP contribution is 2.27. The van der Waals surface area contributed by atoms with E-state index >= 15 is 0 Å². The molecular weight excluding hydrogens is 178 g/mol. The Kier molecular flexibility index (Phi) is 2.82. The lowest BCUT2D eigenvalue weighted by atomic mass is 10.0. The van der Waals surface area contributed by atoms with Crippen LogP contribution in [0.5, 0.6) is 0 Å². The van der Waals surface area contributed by atoms with Crippen molar-refractivity contribution in [1.29, 1.82) is 0 Å². The summed E-state index contributed by atoms with van der Waals surface area (Å²) in [5.74, 6) is 2.12. The van der Waals surface area contributed by atoms with Crippen LogP contribution in [0.3, 0.4) is 0 Å². The van der Waals surface area contributed by atoms with Gasteiger partial charge in [0, 0.05) is 6.42 Å². The summed E-state index contributed by atoms with van der Waals surface area (Å²) in [7, 11) is 0. The first kappa shape index (κ1) is 9.65. The summed E-state index contributed by atoms with van der Waals surface area (Å²) in [5, 5.41) is 3.85. The van der Waals surface area contributed by atoms with Crippen molar-refractivity contribution < 1.29 is 4.52 Å². The van der Waals surface area contributed by atoms with Gasteiger partial charge < -0.3 is 10.3 Å². The molecule has 1 aliphatic carbocycles. The Bertz CT molecular complexity index is 289. The van der Waals surface area contributed by atoms with Crippen LogP contribution in [0, 0.1) is 5.92 Å².